The summed E-state index contributed by atoms with van der Waals surface area (Å²) >= 11 is 6.38. The number of benzene rings is 1. The summed E-state index contributed by atoms with van der Waals surface area (Å²) < 4.78 is 10.1. The summed E-state index contributed by atoms with van der Waals surface area (Å²) in [6.45, 7) is 0. The van der Waals surface area contributed by atoms with Crippen LogP contribution in [-0.4, -0.2) is 26.2 Å². The van der Waals surface area contributed by atoms with E-state index in [9.17, 15) is 9.59 Å². The number of hydrogen-bond acceptors (Lipinski definition) is 4. The molecule has 0 fully saturated rings. The van der Waals surface area contributed by atoms with Gasteiger partial charge in [-0.3, -0.25) is 0 Å². The molecule has 6 heteroatoms. The Kier molecular flexibility index (Phi) is 4.49. The lowest BCUT2D eigenvalue weighted by Gasteiger charge is -2.07. The minimum atomic E-state index is -0.482. The van der Waals surface area contributed by atoms with Crippen LogP contribution in [0.25, 0.3) is 0 Å². The average Bonchev–Trinajstić information content (AvgIpc) is 2.29. The molecule has 0 heterocycles. The third-order valence-electron chi connectivity index (χ3n) is 1.87. The minimum absolute atomic E-state index is 0.335. The van der Waals surface area contributed by atoms with Crippen molar-refractivity contribution in [2.45, 2.75) is 0 Å². The standard InChI is InChI=1S/C10H8Br2O4/c1-15-9(13)5-3-8(12)6(4-7(5)11)10(14)16-2/h3-4H,1-2H3. The first-order valence-corrected chi connectivity index (χ1v) is 5.75. The van der Waals surface area contributed by atoms with E-state index in [4.69, 9.17) is 0 Å². The fraction of sp³-hybridized carbons (Fsp3) is 0.200. The number of carbonyl (C=O) groups is 2. The van der Waals surface area contributed by atoms with Gasteiger partial charge in [-0.1, -0.05) is 0 Å². The lowest BCUT2D eigenvalue weighted by Crippen LogP contribution is -2.07. The molecule has 0 aliphatic carbocycles. The van der Waals surface area contributed by atoms with Crippen molar-refractivity contribution in [2.24, 2.45) is 0 Å². The van der Waals surface area contributed by atoms with Crippen LogP contribution in [0.3, 0.4) is 0 Å². The van der Waals surface area contributed by atoms with E-state index in [2.05, 4.69) is 41.3 Å². The van der Waals surface area contributed by atoms with Crippen molar-refractivity contribution >= 4 is 43.8 Å². The number of ether oxygens (including phenoxy) is 2. The first-order valence-electron chi connectivity index (χ1n) is 4.17. The molecule has 0 atom stereocenters. The van der Waals surface area contributed by atoms with Crippen LogP contribution in [0, 0.1) is 0 Å². The smallest absolute Gasteiger partial charge is 0.339 e. The van der Waals surface area contributed by atoms with Gasteiger partial charge in [-0.25, -0.2) is 9.59 Å². The fourth-order valence-electron chi connectivity index (χ4n) is 1.08. The normalized spacial score (nSPS) is 9.75. The van der Waals surface area contributed by atoms with E-state index in [0.29, 0.717) is 20.1 Å². The summed E-state index contributed by atoms with van der Waals surface area (Å²) in [6, 6.07) is 3.00. The zero-order chi connectivity index (χ0) is 12.3. The average molecular weight is 352 g/mol. The van der Waals surface area contributed by atoms with Gasteiger partial charge in [0, 0.05) is 8.95 Å². The second-order valence-corrected chi connectivity index (χ2v) is 4.50. The Morgan fingerprint density at radius 3 is 1.50 bits per heavy atom. The second-order valence-electron chi connectivity index (χ2n) is 2.80. The molecule has 4 nitrogen and oxygen atoms in total. The Morgan fingerprint density at radius 2 is 1.25 bits per heavy atom. The zero-order valence-corrected chi connectivity index (χ0v) is 11.7. The second kappa shape index (κ2) is 5.45. The molecule has 0 spiro atoms. The minimum Gasteiger partial charge on any atom is -0.465 e. The predicted octanol–water partition coefficient (Wildman–Crippen LogP) is 2.78. The van der Waals surface area contributed by atoms with Gasteiger partial charge in [-0.15, -0.1) is 0 Å². The Hall–Kier alpha value is -0.880. The van der Waals surface area contributed by atoms with Gasteiger partial charge in [0.25, 0.3) is 0 Å². The van der Waals surface area contributed by atoms with E-state index in [1.165, 1.54) is 26.4 Å². The van der Waals surface area contributed by atoms with Gasteiger partial charge in [-0.2, -0.15) is 0 Å². The third kappa shape index (κ3) is 2.62. The molecule has 0 amide bonds. The topological polar surface area (TPSA) is 52.6 Å². The summed E-state index contributed by atoms with van der Waals surface area (Å²) in [5, 5.41) is 0. The first kappa shape index (κ1) is 13.2. The van der Waals surface area contributed by atoms with Gasteiger partial charge >= 0.3 is 11.9 Å². The molecule has 16 heavy (non-hydrogen) atoms. The molecule has 0 aliphatic heterocycles. The first-order chi connectivity index (χ1) is 7.51. The number of hydrogen-bond donors (Lipinski definition) is 0. The van der Waals surface area contributed by atoms with Crippen molar-refractivity contribution in [1.82, 2.24) is 0 Å². The molecular weight excluding hydrogens is 344 g/mol. The molecule has 0 saturated heterocycles. The Labute approximate surface area is 109 Å². The lowest BCUT2D eigenvalue weighted by molar-refractivity contribution is 0.0585. The van der Waals surface area contributed by atoms with Crippen molar-refractivity contribution < 1.29 is 19.1 Å². The van der Waals surface area contributed by atoms with Gasteiger partial charge < -0.3 is 9.47 Å². The quantitative estimate of drug-likeness (QED) is 0.769. The SMILES string of the molecule is COC(=O)c1cc(Br)c(C(=O)OC)cc1Br. The number of carbonyl (C=O) groups excluding carboxylic acids is 2. The fourth-order valence-corrected chi connectivity index (χ4v) is 2.09. The van der Waals surface area contributed by atoms with Crippen molar-refractivity contribution in [3.8, 4) is 0 Å². The highest BCUT2D eigenvalue weighted by molar-refractivity contribution is 9.11. The van der Waals surface area contributed by atoms with Crippen molar-refractivity contribution in [2.75, 3.05) is 14.2 Å². The monoisotopic (exact) mass is 350 g/mol. The van der Waals surface area contributed by atoms with E-state index < -0.39 is 11.9 Å². The van der Waals surface area contributed by atoms with E-state index in [1.807, 2.05) is 0 Å². The van der Waals surface area contributed by atoms with Gasteiger partial charge in [0.2, 0.25) is 0 Å². The summed E-state index contributed by atoms with van der Waals surface area (Å²) in [6.07, 6.45) is 0. The van der Waals surface area contributed by atoms with Crippen molar-refractivity contribution in [1.29, 1.82) is 0 Å². The van der Waals surface area contributed by atoms with Gasteiger partial charge in [0.1, 0.15) is 0 Å². The Bertz CT molecular complexity index is 401. The number of methoxy groups -OCH3 is 2. The summed E-state index contributed by atoms with van der Waals surface area (Å²) in [4.78, 5) is 22.7. The molecule has 0 aliphatic rings. The third-order valence-corrected chi connectivity index (χ3v) is 3.18. The molecule has 0 bridgehead atoms. The summed E-state index contributed by atoms with van der Waals surface area (Å²) in [7, 11) is 2.58. The maximum absolute atomic E-state index is 11.3. The van der Waals surface area contributed by atoms with Crippen molar-refractivity contribution in [3.05, 3.63) is 32.2 Å². The van der Waals surface area contributed by atoms with Crippen molar-refractivity contribution in [3.63, 3.8) is 0 Å². The highest BCUT2D eigenvalue weighted by Crippen LogP contribution is 2.27. The predicted molar refractivity (Wildman–Crippen MR) is 64.5 cm³/mol. The van der Waals surface area contributed by atoms with E-state index in [-0.39, 0.29) is 0 Å². The maximum atomic E-state index is 11.3. The summed E-state index contributed by atoms with van der Waals surface area (Å²) in [5.74, 6) is -0.965. The molecule has 1 aromatic rings. The largest absolute Gasteiger partial charge is 0.465 e. The number of rotatable bonds is 2. The van der Waals surface area contributed by atoms with Crippen LogP contribution in [0.1, 0.15) is 20.7 Å². The van der Waals surface area contributed by atoms with Crippen LogP contribution in [0.4, 0.5) is 0 Å². The number of esters is 2. The zero-order valence-electron chi connectivity index (χ0n) is 8.54. The molecule has 1 rings (SSSR count). The Morgan fingerprint density at radius 1 is 0.938 bits per heavy atom. The van der Waals surface area contributed by atoms with Gasteiger partial charge in [-0.05, 0) is 44.0 Å². The van der Waals surface area contributed by atoms with E-state index in [0.717, 1.165) is 0 Å². The number of halogens is 2. The van der Waals surface area contributed by atoms with Crippen LogP contribution in [0.5, 0.6) is 0 Å². The lowest BCUT2D eigenvalue weighted by atomic mass is 10.1. The van der Waals surface area contributed by atoms with E-state index in [1.54, 1.807) is 0 Å². The Balaban J connectivity index is 3.27. The molecule has 0 aromatic heterocycles. The molecular formula is C10H8Br2O4. The maximum Gasteiger partial charge on any atom is 0.339 e. The van der Waals surface area contributed by atoms with Crippen LogP contribution >= 0.6 is 31.9 Å². The molecule has 0 saturated carbocycles. The molecule has 86 valence electrons. The highest BCUT2D eigenvalue weighted by atomic mass is 79.9. The van der Waals surface area contributed by atoms with Gasteiger partial charge in [0.05, 0.1) is 25.3 Å². The van der Waals surface area contributed by atoms with Crippen LogP contribution in [0.15, 0.2) is 21.1 Å². The molecule has 0 N–H and O–H groups in total. The van der Waals surface area contributed by atoms with Crippen LogP contribution < -0.4 is 0 Å². The highest BCUT2D eigenvalue weighted by Gasteiger charge is 2.17. The van der Waals surface area contributed by atoms with Crippen LogP contribution in [-0.2, 0) is 9.47 Å². The van der Waals surface area contributed by atoms with Crippen LogP contribution in [0.2, 0.25) is 0 Å². The van der Waals surface area contributed by atoms with E-state index >= 15 is 0 Å². The molecule has 1 aromatic carbocycles. The molecule has 0 radical (unpaired) electrons. The molecule has 0 unspecified atom stereocenters. The van der Waals surface area contributed by atoms with Gasteiger partial charge in [0.15, 0.2) is 0 Å². The summed E-state index contributed by atoms with van der Waals surface area (Å²) in [5.41, 5.74) is 0.670.